The van der Waals surface area contributed by atoms with E-state index in [1.165, 1.54) is 35.8 Å². The Bertz CT molecular complexity index is 2100. The van der Waals surface area contributed by atoms with E-state index in [0.29, 0.717) is 34.8 Å². The van der Waals surface area contributed by atoms with Crippen molar-refractivity contribution in [1.29, 1.82) is 0 Å². The number of ether oxygens (including phenoxy) is 1. The first-order valence-electron chi connectivity index (χ1n) is 16.7. The molecule has 1 aromatic heterocycles. The van der Waals surface area contributed by atoms with Gasteiger partial charge in [0.1, 0.15) is 10.7 Å². The standard InChI is InChI=1S/C41H38N4O5S2/c1-27-16-18-28(19-17-27)22-34(43-38(47)30-12-7-4-8-13-30)39(48)42-31-14-9-15-32(23-31)51-26-36(46)44-40-37(41(49)50-2)33-20-21-45(25-35(33)52-40)24-29-10-5-3-6-11-29/h3-19,22-23H,20-21,24-26H2,1-2H3,(H,42,48)(H,43,47)(H,44,46)/b34-22+. The van der Waals surface area contributed by atoms with Gasteiger partial charge in [0.15, 0.2) is 0 Å². The third kappa shape index (κ3) is 9.43. The van der Waals surface area contributed by atoms with Crippen molar-refractivity contribution in [2.75, 3.05) is 30.0 Å². The number of hydrogen-bond acceptors (Lipinski definition) is 8. The average molecular weight is 731 g/mol. The van der Waals surface area contributed by atoms with Crippen LogP contribution in [0.5, 0.6) is 0 Å². The minimum absolute atomic E-state index is 0.0758. The van der Waals surface area contributed by atoms with Gasteiger partial charge in [0.25, 0.3) is 11.8 Å². The molecule has 1 aliphatic heterocycles. The predicted molar refractivity (Wildman–Crippen MR) is 207 cm³/mol. The summed E-state index contributed by atoms with van der Waals surface area (Å²) in [6.07, 6.45) is 2.31. The van der Waals surface area contributed by atoms with Gasteiger partial charge < -0.3 is 20.7 Å². The lowest BCUT2D eigenvalue weighted by Gasteiger charge is -2.27. The number of thioether (sulfide) groups is 1. The molecule has 0 fully saturated rings. The molecule has 6 rings (SSSR count). The van der Waals surface area contributed by atoms with Crippen molar-refractivity contribution < 1.29 is 23.9 Å². The summed E-state index contributed by atoms with van der Waals surface area (Å²) in [6, 6.07) is 33.7. The maximum absolute atomic E-state index is 13.5. The van der Waals surface area contributed by atoms with E-state index >= 15 is 0 Å². The van der Waals surface area contributed by atoms with Crippen LogP contribution >= 0.6 is 23.1 Å². The summed E-state index contributed by atoms with van der Waals surface area (Å²) < 4.78 is 5.11. The topological polar surface area (TPSA) is 117 Å². The first-order chi connectivity index (χ1) is 25.2. The molecule has 264 valence electrons. The fourth-order valence-electron chi connectivity index (χ4n) is 5.78. The molecular weight excluding hydrogens is 693 g/mol. The maximum atomic E-state index is 13.5. The molecule has 52 heavy (non-hydrogen) atoms. The van der Waals surface area contributed by atoms with Crippen molar-refractivity contribution in [3.63, 3.8) is 0 Å². The van der Waals surface area contributed by atoms with Gasteiger partial charge >= 0.3 is 5.97 Å². The molecular formula is C41H38N4O5S2. The Morgan fingerprint density at radius 2 is 1.62 bits per heavy atom. The van der Waals surface area contributed by atoms with Gasteiger partial charge in [0, 0.05) is 40.7 Å². The maximum Gasteiger partial charge on any atom is 0.341 e. The van der Waals surface area contributed by atoms with Gasteiger partial charge in [0.05, 0.1) is 18.4 Å². The lowest BCUT2D eigenvalue weighted by Crippen LogP contribution is -2.30. The minimum Gasteiger partial charge on any atom is -0.465 e. The second-order valence-electron chi connectivity index (χ2n) is 12.3. The smallest absolute Gasteiger partial charge is 0.341 e. The van der Waals surface area contributed by atoms with Gasteiger partial charge in [-0.15, -0.1) is 23.1 Å². The molecule has 3 amide bonds. The van der Waals surface area contributed by atoms with E-state index in [1.54, 1.807) is 48.5 Å². The zero-order valence-corrected chi connectivity index (χ0v) is 30.4. The largest absolute Gasteiger partial charge is 0.465 e. The van der Waals surface area contributed by atoms with Crippen LogP contribution < -0.4 is 16.0 Å². The second-order valence-corrected chi connectivity index (χ2v) is 14.4. The number of aryl methyl sites for hydroxylation is 1. The van der Waals surface area contributed by atoms with E-state index in [-0.39, 0.29) is 17.4 Å². The molecule has 5 aromatic rings. The third-order valence-electron chi connectivity index (χ3n) is 8.41. The molecule has 11 heteroatoms. The second kappa shape index (κ2) is 17.1. The molecule has 0 spiro atoms. The number of esters is 1. The van der Waals surface area contributed by atoms with Crippen LogP contribution in [0, 0.1) is 6.92 Å². The summed E-state index contributed by atoms with van der Waals surface area (Å²) in [7, 11) is 1.35. The van der Waals surface area contributed by atoms with Crippen molar-refractivity contribution in [2.24, 2.45) is 0 Å². The van der Waals surface area contributed by atoms with E-state index in [4.69, 9.17) is 4.74 Å². The van der Waals surface area contributed by atoms with Gasteiger partial charge in [0.2, 0.25) is 5.91 Å². The molecule has 3 N–H and O–H groups in total. The highest BCUT2D eigenvalue weighted by Crippen LogP contribution is 2.38. The van der Waals surface area contributed by atoms with E-state index in [0.717, 1.165) is 39.6 Å². The van der Waals surface area contributed by atoms with Crippen LogP contribution in [0.15, 0.2) is 120 Å². The van der Waals surface area contributed by atoms with Gasteiger partial charge in [-0.1, -0.05) is 84.4 Å². The highest BCUT2D eigenvalue weighted by atomic mass is 32.2. The molecule has 9 nitrogen and oxygen atoms in total. The summed E-state index contributed by atoms with van der Waals surface area (Å²) >= 11 is 2.72. The fourth-order valence-corrected chi connectivity index (χ4v) is 7.83. The number of nitrogens with zero attached hydrogens (tertiary/aromatic N) is 1. The summed E-state index contributed by atoms with van der Waals surface area (Å²) in [5, 5.41) is 9.10. The Balaban J connectivity index is 1.11. The normalized spacial score (nSPS) is 12.8. The Labute approximate surface area is 311 Å². The van der Waals surface area contributed by atoms with Crippen LogP contribution in [0.3, 0.4) is 0 Å². The van der Waals surface area contributed by atoms with E-state index in [2.05, 4.69) is 33.0 Å². The Morgan fingerprint density at radius 3 is 2.35 bits per heavy atom. The number of anilines is 2. The lowest BCUT2D eigenvalue weighted by atomic mass is 10.0. The predicted octanol–water partition coefficient (Wildman–Crippen LogP) is 7.54. The van der Waals surface area contributed by atoms with Crippen LogP contribution in [0.1, 0.15) is 47.8 Å². The number of nitrogens with one attached hydrogen (secondary N) is 3. The number of hydrogen-bond donors (Lipinski definition) is 3. The number of amides is 3. The Hall–Kier alpha value is -5.49. The van der Waals surface area contributed by atoms with Gasteiger partial charge in [-0.05, 0) is 66.4 Å². The number of thiophene rings is 1. The molecule has 0 unspecified atom stereocenters. The fraction of sp³-hybridized carbons (Fsp3) is 0.171. The first kappa shape index (κ1) is 36.3. The average Bonchev–Trinajstić information content (AvgIpc) is 3.51. The van der Waals surface area contributed by atoms with Gasteiger partial charge in [-0.25, -0.2) is 4.79 Å². The van der Waals surface area contributed by atoms with E-state index in [1.807, 2.05) is 61.5 Å². The number of benzene rings is 4. The molecule has 0 aliphatic carbocycles. The van der Waals surface area contributed by atoms with Gasteiger partial charge in [-0.3, -0.25) is 19.3 Å². The molecule has 2 heterocycles. The van der Waals surface area contributed by atoms with E-state index in [9.17, 15) is 19.2 Å². The lowest BCUT2D eigenvalue weighted by molar-refractivity contribution is -0.114. The molecule has 0 bridgehead atoms. The minimum atomic E-state index is -0.496. The van der Waals surface area contributed by atoms with Crippen molar-refractivity contribution in [1.82, 2.24) is 10.2 Å². The molecule has 0 saturated carbocycles. The number of fused-ring (bicyclic) bond motifs is 1. The van der Waals surface area contributed by atoms with Crippen molar-refractivity contribution in [2.45, 2.75) is 31.3 Å². The Kier molecular flexibility index (Phi) is 12.0. The molecule has 0 saturated heterocycles. The van der Waals surface area contributed by atoms with Crippen molar-refractivity contribution >= 4 is 63.6 Å². The highest BCUT2D eigenvalue weighted by Gasteiger charge is 2.29. The zero-order chi connectivity index (χ0) is 36.5. The summed E-state index contributed by atoms with van der Waals surface area (Å²) in [5.74, 6) is -1.56. The number of methoxy groups -OCH3 is 1. The number of rotatable bonds is 12. The van der Waals surface area contributed by atoms with Crippen LogP contribution in [0.2, 0.25) is 0 Å². The SMILES string of the molecule is COC(=O)c1c(NC(=O)CSc2cccc(NC(=O)/C(=C\c3ccc(C)cc3)NC(=O)c3ccccc3)c2)sc2c1CCN(Cc1ccccc1)C2. The number of carbonyl (C=O) groups is 4. The summed E-state index contributed by atoms with van der Waals surface area (Å²) in [5.41, 5.74) is 5.42. The molecule has 0 radical (unpaired) electrons. The first-order valence-corrected chi connectivity index (χ1v) is 18.5. The van der Waals surface area contributed by atoms with Crippen LogP contribution in [0.25, 0.3) is 6.08 Å². The molecule has 0 atom stereocenters. The zero-order valence-electron chi connectivity index (χ0n) is 28.8. The van der Waals surface area contributed by atoms with Crippen molar-refractivity contribution in [3.8, 4) is 0 Å². The number of carbonyl (C=O) groups excluding carboxylic acids is 4. The molecule has 1 aliphatic rings. The van der Waals surface area contributed by atoms with Crippen LogP contribution in [0.4, 0.5) is 10.7 Å². The van der Waals surface area contributed by atoms with Crippen LogP contribution in [-0.4, -0.2) is 48.0 Å². The molecule has 4 aromatic carbocycles. The third-order valence-corrected chi connectivity index (χ3v) is 10.5. The quantitative estimate of drug-likeness (QED) is 0.0690. The van der Waals surface area contributed by atoms with E-state index < -0.39 is 17.8 Å². The Morgan fingerprint density at radius 1 is 0.885 bits per heavy atom. The summed E-state index contributed by atoms with van der Waals surface area (Å²) in [6.45, 7) is 4.25. The van der Waals surface area contributed by atoms with Crippen LogP contribution in [-0.2, 0) is 33.8 Å². The van der Waals surface area contributed by atoms with Gasteiger partial charge in [-0.2, -0.15) is 0 Å². The highest BCUT2D eigenvalue weighted by molar-refractivity contribution is 8.00. The summed E-state index contributed by atoms with van der Waals surface area (Å²) in [4.78, 5) is 56.8. The monoisotopic (exact) mass is 730 g/mol. The van der Waals surface area contributed by atoms with Crippen molar-refractivity contribution in [3.05, 3.63) is 153 Å².